The van der Waals surface area contributed by atoms with Crippen LogP contribution >= 0.6 is 0 Å². The Bertz CT molecular complexity index is 360. The first-order valence-electron chi connectivity index (χ1n) is 6.94. The van der Waals surface area contributed by atoms with Gasteiger partial charge < -0.3 is 21.0 Å². The molecule has 0 radical (unpaired) electrons. The third-order valence-electron chi connectivity index (χ3n) is 4.39. The molecule has 1 aliphatic carbocycles. The van der Waals surface area contributed by atoms with Crippen molar-refractivity contribution in [3.8, 4) is 0 Å². The predicted octanol–water partition coefficient (Wildman–Crippen LogP) is 0.692. The van der Waals surface area contributed by atoms with Gasteiger partial charge in [-0.25, -0.2) is 0 Å². The molecule has 0 spiro atoms. The van der Waals surface area contributed by atoms with E-state index in [1.54, 1.807) is 0 Å². The van der Waals surface area contributed by atoms with Crippen LogP contribution in [0.15, 0.2) is 5.16 Å². The van der Waals surface area contributed by atoms with E-state index in [0.29, 0.717) is 38.5 Å². The number of amides is 1. The largest absolute Gasteiger partial charge is 0.409 e. The smallest absolute Gasteiger partial charge is 0.234 e. The summed E-state index contributed by atoms with van der Waals surface area (Å²) in [5.41, 5.74) is 4.84. The average molecular weight is 269 g/mol. The summed E-state index contributed by atoms with van der Waals surface area (Å²) in [7, 11) is 0. The van der Waals surface area contributed by atoms with Gasteiger partial charge in [0.2, 0.25) is 5.91 Å². The van der Waals surface area contributed by atoms with Gasteiger partial charge in [0.25, 0.3) is 0 Å². The summed E-state index contributed by atoms with van der Waals surface area (Å²) in [5.74, 6) is 1.09. The maximum absolute atomic E-state index is 12.4. The van der Waals surface area contributed by atoms with Crippen molar-refractivity contribution in [2.24, 2.45) is 28.1 Å². The Balaban J connectivity index is 1.98. The van der Waals surface area contributed by atoms with Crippen LogP contribution in [0.2, 0.25) is 0 Å². The van der Waals surface area contributed by atoms with Gasteiger partial charge >= 0.3 is 0 Å². The van der Waals surface area contributed by atoms with Crippen LogP contribution < -0.4 is 11.1 Å². The molecule has 0 aromatic heterocycles. The number of oxime groups is 1. The molecule has 0 aromatic rings. The molecular weight excluding hydrogens is 246 g/mol. The molecular formula is C13H23N3O3. The Hall–Kier alpha value is -1.30. The lowest BCUT2D eigenvalue weighted by Gasteiger charge is -2.34. The van der Waals surface area contributed by atoms with Gasteiger partial charge in [0.05, 0.1) is 0 Å². The van der Waals surface area contributed by atoms with Crippen LogP contribution in [0.3, 0.4) is 0 Å². The van der Waals surface area contributed by atoms with Gasteiger partial charge in [0, 0.05) is 19.8 Å². The standard InChI is InChI=1S/C13H23N3O3/c1-9(10-2-3-10)8-15-12(17)13(11(14)16-18)4-6-19-7-5-13/h9-10,18H,2-8H2,1H3,(H2,14,16)(H,15,17). The highest BCUT2D eigenvalue weighted by molar-refractivity contribution is 6.06. The van der Waals surface area contributed by atoms with Crippen molar-refractivity contribution in [3.63, 3.8) is 0 Å². The molecule has 19 heavy (non-hydrogen) atoms. The fourth-order valence-corrected chi connectivity index (χ4v) is 2.67. The maximum Gasteiger partial charge on any atom is 0.234 e. The number of nitrogens with two attached hydrogens (primary N) is 1. The van der Waals surface area contributed by atoms with Crippen LogP contribution in [0.5, 0.6) is 0 Å². The first kappa shape index (κ1) is 14.1. The maximum atomic E-state index is 12.4. The van der Waals surface area contributed by atoms with Crippen molar-refractivity contribution in [2.45, 2.75) is 32.6 Å². The Labute approximate surface area is 113 Å². The van der Waals surface area contributed by atoms with Crippen molar-refractivity contribution in [3.05, 3.63) is 0 Å². The molecule has 2 rings (SSSR count). The molecule has 2 aliphatic rings. The molecule has 1 aliphatic heterocycles. The second-order valence-corrected chi connectivity index (χ2v) is 5.70. The molecule has 1 saturated carbocycles. The van der Waals surface area contributed by atoms with E-state index >= 15 is 0 Å². The van der Waals surface area contributed by atoms with E-state index in [1.165, 1.54) is 12.8 Å². The van der Waals surface area contributed by atoms with E-state index in [2.05, 4.69) is 17.4 Å². The molecule has 1 unspecified atom stereocenters. The number of ether oxygens (including phenoxy) is 1. The fraction of sp³-hybridized carbons (Fsp3) is 0.846. The van der Waals surface area contributed by atoms with Gasteiger partial charge in [0.15, 0.2) is 5.84 Å². The Kier molecular flexibility index (Phi) is 4.29. The number of nitrogens with zero attached hydrogens (tertiary/aromatic N) is 1. The van der Waals surface area contributed by atoms with Crippen LogP contribution in [-0.4, -0.2) is 36.7 Å². The SMILES string of the molecule is CC(CNC(=O)C1(C(N)=NO)CCOCC1)C1CC1. The monoisotopic (exact) mass is 269 g/mol. The van der Waals surface area contributed by atoms with Gasteiger partial charge in [-0.2, -0.15) is 0 Å². The molecule has 1 heterocycles. The van der Waals surface area contributed by atoms with Crippen LogP contribution in [-0.2, 0) is 9.53 Å². The van der Waals surface area contributed by atoms with Gasteiger partial charge in [0.1, 0.15) is 5.41 Å². The van der Waals surface area contributed by atoms with Crippen LogP contribution in [0, 0.1) is 17.3 Å². The molecule has 6 nitrogen and oxygen atoms in total. The fourth-order valence-electron chi connectivity index (χ4n) is 2.67. The number of nitrogens with one attached hydrogen (secondary N) is 1. The van der Waals surface area contributed by atoms with Gasteiger partial charge in [-0.1, -0.05) is 12.1 Å². The summed E-state index contributed by atoms with van der Waals surface area (Å²) in [6.45, 7) is 3.73. The van der Waals surface area contributed by atoms with E-state index in [0.717, 1.165) is 5.92 Å². The molecule has 4 N–H and O–H groups in total. The molecule has 1 atom stereocenters. The molecule has 0 bridgehead atoms. The number of amidine groups is 1. The number of hydrogen-bond donors (Lipinski definition) is 3. The highest BCUT2D eigenvalue weighted by Crippen LogP contribution is 2.36. The zero-order valence-electron chi connectivity index (χ0n) is 11.4. The van der Waals surface area contributed by atoms with Crippen LogP contribution in [0.4, 0.5) is 0 Å². The second kappa shape index (κ2) is 5.77. The lowest BCUT2D eigenvalue weighted by Crippen LogP contribution is -2.53. The van der Waals surface area contributed by atoms with E-state index in [1.807, 2.05) is 0 Å². The summed E-state index contributed by atoms with van der Waals surface area (Å²) in [6.07, 6.45) is 3.45. The summed E-state index contributed by atoms with van der Waals surface area (Å²) < 4.78 is 5.27. The zero-order chi connectivity index (χ0) is 13.9. The van der Waals surface area contributed by atoms with E-state index in [9.17, 15) is 4.79 Å². The molecule has 108 valence electrons. The van der Waals surface area contributed by atoms with Crippen molar-refractivity contribution in [1.29, 1.82) is 0 Å². The van der Waals surface area contributed by atoms with Crippen molar-refractivity contribution in [1.82, 2.24) is 5.32 Å². The highest BCUT2D eigenvalue weighted by Gasteiger charge is 2.44. The Morgan fingerprint density at radius 1 is 1.53 bits per heavy atom. The van der Waals surface area contributed by atoms with Crippen molar-refractivity contribution in [2.75, 3.05) is 19.8 Å². The third kappa shape index (κ3) is 3.00. The molecule has 1 amide bonds. The zero-order valence-corrected chi connectivity index (χ0v) is 11.4. The topological polar surface area (TPSA) is 96.9 Å². The number of carbonyl (C=O) groups excluding carboxylic acids is 1. The van der Waals surface area contributed by atoms with Gasteiger partial charge in [-0.05, 0) is 37.5 Å². The number of carbonyl (C=O) groups is 1. The summed E-state index contributed by atoms with van der Waals surface area (Å²) in [6, 6.07) is 0. The minimum atomic E-state index is -0.906. The highest BCUT2D eigenvalue weighted by atomic mass is 16.5. The summed E-state index contributed by atoms with van der Waals surface area (Å²) in [5, 5.41) is 14.9. The van der Waals surface area contributed by atoms with E-state index < -0.39 is 5.41 Å². The summed E-state index contributed by atoms with van der Waals surface area (Å²) >= 11 is 0. The molecule has 2 fully saturated rings. The Morgan fingerprint density at radius 3 is 2.68 bits per heavy atom. The average Bonchev–Trinajstić information content (AvgIpc) is 3.28. The summed E-state index contributed by atoms with van der Waals surface area (Å²) in [4.78, 5) is 12.4. The van der Waals surface area contributed by atoms with Gasteiger partial charge in [-0.3, -0.25) is 4.79 Å². The number of rotatable bonds is 5. The lowest BCUT2D eigenvalue weighted by atomic mass is 9.78. The quantitative estimate of drug-likeness (QED) is 0.296. The third-order valence-corrected chi connectivity index (χ3v) is 4.39. The predicted molar refractivity (Wildman–Crippen MR) is 70.8 cm³/mol. The normalized spacial score (nSPS) is 24.8. The van der Waals surface area contributed by atoms with Crippen molar-refractivity contribution < 1.29 is 14.7 Å². The van der Waals surface area contributed by atoms with E-state index in [-0.39, 0.29) is 11.7 Å². The van der Waals surface area contributed by atoms with Gasteiger partial charge in [-0.15, -0.1) is 0 Å². The van der Waals surface area contributed by atoms with Crippen LogP contribution in [0.25, 0.3) is 0 Å². The van der Waals surface area contributed by atoms with E-state index in [4.69, 9.17) is 15.7 Å². The molecule has 6 heteroatoms. The first-order valence-corrected chi connectivity index (χ1v) is 6.94. The molecule has 0 aromatic carbocycles. The minimum absolute atomic E-state index is 0.00706. The Morgan fingerprint density at radius 2 is 2.16 bits per heavy atom. The molecule has 1 saturated heterocycles. The van der Waals surface area contributed by atoms with Crippen LogP contribution in [0.1, 0.15) is 32.6 Å². The minimum Gasteiger partial charge on any atom is -0.409 e. The van der Waals surface area contributed by atoms with Crippen molar-refractivity contribution >= 4 is 11.7 Å². The second-order valence-electron chi connectivity index (χ2n) is 5.70. The lowest BCUT2D eigenvalue weighted by molar-refractivity contribution is -0.131. The first-order chi connectivity index (χ1) is 9.10. The number of hydrogen-bond acceptors (Lipinski definition) is 4.